The van der Waals surface area contributed by atoms with E-state index in [0.717, 1.165) is 25.2 Å². The molecule has 0 spiro atoms. The Morgan fingerprint density at radius 2 is 1.70 bits per heavy atom. The maximum Gasteiger partial charge on any atom is 0.256 e. The maximum absolute atomic E-state index is 14.4. The van der Waals surface area contributed by atoms with Gasteiger partial charge in [-0.15, -0.1) is 0 Å². The summed E-state index contributed by atoms with van der Waals surface area (Å²) in [6.07, 6.45) is -0.181. The van der Waals surface area contributed by atoms with Gasteiger partial charge in [-0.2, -0.15) is 0 Å². The quantitative estimate of drug-likeness (QED) is 0.608. The number of hydrogen-bond acceptors (Lipinski definition) is 5. The van der Waals surface area contributed by atoms with E-state index in [0.29, 0.717) is 52.5 Å². The van der Waals surface area contributed by atoms with E-state index < -0.39 is 5.82 Å². The van der Waals surface area contributed by atoms with Crippen LogP contribution in [0.15, 0.2) is 48.5 Å². The first-order valence-corrected chi connectivity index (χ1v) is 11.5. The molecular formula is C25H31F2N3O3. The van der Waals surface area contributed by atoms with E-state index in [1.54, 1.807) is 29.2 Å². The van der Waals surface area contributed by atoms with E-state index in [9.17, 15) is 13.6 Å². The van der Waals surface area contributed by atoms with Gasteiger partial charge in [0.2, 0.25) is 0 Å². The van der Waals surface area contributed by atoms with Crippen molar-refractivity contribution in [2.75, 3.05) is 65.6 Å². The summed E-state index contributed by atoms with van der Waals surface area (Å²) in [5.41, 5.74) is 1.11. The molecule has 1 atom stereocenters. The van der Waals surface area contributed by atoms with Gasteiger partial charge in [-0.05, 0) is 29.8 Å². The first-order valence-electron chi connectivity index (χ1n) is 11.5. The molecule has 2 aliphatic heterocycles. The van der Waals surface area contributed by atoms with Gasteiger partial charge in [0.15, 0.2) is 0 Å². The molecule has 2 fully saturated rings. The van der Waals surface area contributed by atoms with E-state index in [4.69, 9.17) is 9.47 Å². The summed E-state index contributed by atoms with van der Waals surface area (Å²) in [5, 5.41) is 0. The molecule has 2 aromatic carbocycles. The zero-order valence-electron chi connectivity index (χ0n) is 18.8. The van der Waals surface area contributed by atoms with Gasteiger partial charge >= 0.3 is 0 Å². The maximum atomic E-state index is 14.4. The second-order valence-corrected chi connectivity index (χ2v) is 8.54. The predicted octanol–water partition coefficient (Wildman–Crippen LogP) is 2.64. The second-order valence-electron chi connectivity index (χ2n) is 8.54. The van der Waals surface area contributed by atoms with Crippen LogP contribution in [0.25, 0.3) is 0 Å². The molecule has 2 aliphatic rings. The fourth-order valence-corrected chi connectivity index (χ4v) is 4.30. The second kappa shape index (κ2) is 11.7. The van der Waals surface area contributed by atoms with Crippen molar-refractivity contribution in [2.45, 2.75) is 12.6 Å². The molecule has 2 aromatic rings. The third-order valence-corrected chi connectivity index (χ3v) is 6.15. The van der Waals surface area contributed by atoms with Gasteiger partial charge in [0.05, 0.1) is 31.5 Å². The highest BCUT2D eigenvalue weighted by Crippen LogP contribution is 2.15. The molecule has 0 radical (unpaired) electrons. The highest BCUT2D eigenvalue weighted by atomic mass is 19.1. The van der Waals surface area contributed by atoms with Crippen molar-refractivity contribution in [1.29, 1.82) is 0 Å². The molecule has 0 saturated carbocycles. The van der Waals surface area contributed by atoms with Crippen LogP contribution in [-0.2, 0) is 16.0 Å². The molecule has 0 N–H and O–H groups in total. The molecule has 1 unspecified atom stereocenters. The van der Waals surface area contributed by atoms with E-state index in [2.05, 4.69) is 9.80 Å². The minimum absolute atomic E-state index is 0.0819. The molecule has 1 amide bonds. The van der Waals surface area contributed by atoms with Gasteiger partial charge < -0.3 is 14.4 Å². The van der Waals surface area contributed by atoms with E-state index in [-0.39, 0.29) is 23.4 Å². The molecule has 178 valence electrons. The minimum Gasteiger partial charge on any atom is -0.379 e. The molecule has 0 bridgehead atoms. The Hall–Kier alpha value is -2.39. The summed E-state index contributed by atoms with van der Waals surface area (Å²) >= 11 is 0. The van der Waals surface area contributed by atoms with Gasteiger partial charge in [-0.25, -0.2) is 8.78 Å². The van der Waals surface area contributed by atoms with E-state index in [1.165, 1.54) is 24.3 Å². The molecule has 0 aromatic heterocycles. The molecule has 33 heavy (non-hydrogen) atoms. The summed E-state index contributed by atoms with van der Waals surface area (Å²) in [6, 6.07) is 12.6. The van der Waals surface area contributed by atoms with Gasteiger partial charge in [0.25, 0.3) is 5.91 Å². The summed E-state index contributed by atoms with van der Waals surface area (Å²) in [5.74, 6) is -1.08. The van der Waals surface area contributed by atoms with Crippen molar-refractivity contribution in [2.24, 2.45) is 0 Å². The van der Waals surface area contributed by atoms with Crippen LogP contribution in [0.2, 0.25) is 0 Å². The van der Waals surface area contributed by atoms with Crippen LogP contribution in [0.5, 0.6) is 0 Å². The Bertz CT molecular complexity index is 906. The van der Waals surface area contributed by atoms with Gasteiger partial charge in [0.1, 0.15) is 11.6 Å². The van der Waals surface area contributed by atoms with Crippen LogP contribution in [0.3, 0.4) is 0 Å². The Balaban J connectivity index is 1.41. The number of amides is 1. The fourth-order valence-electron chi connectivity index (χ4n) is 4.30. The third-order valence-electron chi connectivity index (χ3n) is 6.15. The first-order chi connectivity index (χ1) is 16.1. The monoisotopic (exact) mass is 459 g/mol. The number of benzene rings is 2. The number of hydrogen-bond donors (Lipinski definition) is 0. The van der Waals surface area contributed by atoms with Crippen LogP contribution in [0, 0.1) is 11.6 Å². The van der Waals surface area contributed by atoms with Crippen molar-refractivity contribution in [3.05, 3.63) is 71.3 Å². The number of carbonyl (C=O) groups is 1. The lowest BCUT2D eigenvalue weighted by Gasteiger charge is -2.36. The predicted molar refractivity (Wildman–Crippen MR) is 121 cm³/mol. The van der Waals surface area contributed by atoms with E-state index >= 15 is 0 Å². The number of morpholine rings is 2. The van der Waals surface area contributed by atoms with Gasteiger partial charge in [0, 0.05) is 52.4 Å². The SMILES string of the molecule is O=C(c1ccccc1F)N(CCN1CCOCC1)CC1CN(Cc2ccc(F)cc2)CCO1. The molecule has 6 nitrogen and oxygen atoms in total. The van der Waals surface area contributed by atoms with Crippen LogP contribution in [0.1, 0.15) is 15.9 Å². The van der Waals surface area contributed by atoms with Crippen LogP contribution in [-0.4, -0.2) is 92.3 Å². The molecule has 4 rings (SSSR count). The Labute approximate surface area is 193 Å². The van der Waals surface area contributed by atoms with Crippen LogP contribution < -0.4 is 0 Å². The molecule has 2 saturated heterocycles. The molecule has 8 heteroatoms. The largest absolute Gasteiger partial charge is 0.379 e. The number of carbonyl (C=O) groups excluding carboxylic acids is 1. The highest BCUT2D eigenvalue weighted by molar-refractivity contribution is 5.94. The lowest BCUT2D eigenvalue weighted by molar-refractivity contribution is -0.0443. The Morgan fingerprint density at radius 1 is 0.970 bits per heavy atom. The van der Waals surface area contributed by atoms with Crippen molar-refractivity contribution >= 4 is 5.91 Å². The average molecular weight is 460 g/mol. The number of rotatable bonds is 8. The number of halogens is 2. The lowest BCUT2D eigenvalue weighted by atomic mass is 10.1. The highest BCUT2D eigenvalue weighted by Gasteiger charge is 2.27. The molecular weight excluding hydrogens is 428 g/mol. The summed E-state index contributed by atoms with van der Waals surface area (Å²) < 4.78 is 39.0. The van der Waals surface area contributed by atoms with Crippen molar-refractivity contribution in [3.63, 3.8) is 0 Å². The topological polar surface area (TPSA) is 45.2 Å². The normalized spacial score (nSPS) is 20.0. The average Bonchev–Trinajstić information content (AvgIpc) is 2.84. The zero-order chi connectivity index (χ0) is 23.0. The molecule has 0 aliphatic carbocycles. The number of ether oxygens (including phenoxy) is 2. The molecule has 2 heterocycles. The summed E-state index contributed by atoms with van der Waals surface area (Å²) in [7, 11) is 0. The standard InChI is InChI=1S/C25H31F2N3O3/c26-21-7-5-20(6-8-21)17-29-13-16-33-22(18-29)19-30(10-9-28-11-14-32-15-12-28)25(31)23-3-1-2-4-24(23)27/h1-8,22H,9-19H2. The minimum atomic E-state index is -0.513. The lowest BCUT2D eigenvalue weighted by Crippen LogP contribution is -2.50. The van der Waals surface area contributed by atoms with Crippen molar-refractivity contribution in [1.82, 2.24) is 14.7 Å². The number of nitrogens with zero attached hydrogens (tertiary/aromatic N) is 3. The summed E-state index contributed by atoms with van der Waals surface area (Å²) in [4.78, 5) is 19.5. The van der Waals surface area contributed by atoms with E-state index in [1.807, 2.05) is 0 Å². The van der Waals surface area contributed by atoms with Gasteiger partial charge in [-0.3, -0.25) is 14.6 Å². The zero-order valence-corrected chi connectivity index (χ0v) is 18.8. The smallest absolute Gasteiger partial charge is 0.256 e. The first kappa shape index (κ1) is 23.8. The van der Waals surface area contributed by atoms with Crippen molar-refractivity contribution < 1.29 is 23.0 Å². The van der Waals surface area contributed by atoms with Gasteiger partial charge in [-0.1, -0.05) is 24.3 Å². The van der Waals surface area contributed by atoms with Crippen LogP contribution in [0.4, 0.5) is 8.78 Å². The Morgan fingerprint density at radius 3 is 2.45 bits per heavy atom. The third kappa shape index (κ3) is 6.80. The Kier molecular flexibility index (Phi) is 8.39. The summed E-state index contributed by atoms with van der Waals surface area (Å²) in [6.45, 7) is 7.26. The van der Waals surface area contributed by atoms with Crippen molar-refractivity contribution in [3.8, 4) is 0 Å². The van der Waals surface area contributed by atoms with Crippen LogP contribution >= 0.6 is 0 Å². The fraction of sp³-hybridized carbons (Fsp3) is 0.480.